The van der Waals surface area contributed by atoms with Gasteiger partial charge in [-0.2, -0.15) is 13.2 Å². The Morgan fingerprint density at radius 1 is 1.14 bits per heavy atom. The van der Waals surface area contributed by atoms with Crippen molar-refractivity contribution in [2.75, 3.05) is 13.1 Å². The number of ketones is 1. The zero-order chi connectivity index (χ0) is 16.3. The normalized spacial score (nSPS) is 17.4. The van der Waals surface area contributed by atoms with Gasteiger partial charge in [0.2, 0.25) is 5.78 Å². The number of aliphatic carboxylic acids is 1. The van der Waals surface area contributed by atoms with Gasteiger partial charge in [0, 0.05) is 12.5 Å². The lowest BCUT2D eigenvalue weighted by Gasteiger charge is -2.30. The Balaban J connectivity index is 1.88. The standard InChI is InChI=1S/C15H16F3NO3/c16-15(17,18)12-3-1-10(2-4-12)9-19-7-5-11(6-8-19)13(20)14(21)22/h1-4,11H,5-9H2,(H,21,22). The molecule has 4 nitrogen and oxygen atoms in total. The zero-order valence-electron chi connectivity index (χ0n) is 11.8. The first-order chi connectivity index (χ1) is 10.3. The molecule has 0 amide bonds. The number of carboxylic acid groups (broad SMARTS) is 1. The fourth-order valence-electron chi connectivity index (χ4n) is 2.59. The average molecular weight is 315 g/mol. The van der Waals surface area contributed by atoms with Gasteiger partial charge in [-0.1, -0.05) is 12.1 Å². The third kappa shape index (κ3) is 4.07. The number of alkyl halides is 3. The summed E-state index contributed by atoms with van der Waals surface area (Å²) in [5.74, 6) is -2.61. The van der Waals surface area contributed by atoms with E-state index >= 15 is 0 Å². The van der Waals surface area contributed by atoms with Crippen LogP contribution in [0.1, 0.15) is 24.0 Å². The van der Waals surface area contributed by atoms with Crippen molar-refractivity contribution >= 4 is 11.8 Å². The molecule has 0 unspecified atom stereocenters. The molecule has 1 heterocycles. The molecule has 1 saturated heterocycles. The summed E-state index contributed by atoms with van der Waals surface area (Å²) in [7, 11) is 0. The summed E-state index contributed by atoms with van der Waals surface area (Å²) in [5.41, 5.74) is 0.0815. The van der Waals surface area contributed by atoms with Gasteiger partial charge in [-0.05, 0) is 43.6 Å². The smallest absolute Gasteiger partial charge is 0.416 e. The molecule has 120 valence electrons. The molecule has 0 aliphatic carbocycles. The molecule has 1 aliphatic rings. The summed E-state index contributed by atoms with van der Waals surface area (Å²) in [6.07, 6.45) is -3.41. The quantitative estimate of drug-likeness (QED) is 0.868. The number of carboxylic acids is 1. The summed E-state index contributed by atoms with van der Waals surface area (Å²) < 4.78 is 37.4. The third-order valence-electron chi connectivity index (χ3n) is 3.86. The monoisotopic (exact) mass is 315 g/mol. The summed E-state index contributed by atoms with van der Waals surface area (Å²) >= 11 is 0. The second-order valence-corrected chi connectivity index (χ2v) is 5.41. The van der Waals surface area contributed by atoms with Crippen molar-refractivity contribution in [3.63, 3.8) is 0 Å². The molecule has 7 heteroatoms. The largest absolute Gasteiger partial charge is 0.475 e. The molecule has 2 rings (SSSR count). The Hall–Kier alpha value is -1.89. The van der Waals surface area contributed by atoms with Crippen LogP contribution in [0.3, 0.4) is 0 Å². The van der Waals surface area contributed by atoms with E-state index in [1.807, 2.05) is 4.90 Å². The first-order valence-electron chi connectivity index (χ1n) is 6.93. The third-order valence-corrected chi connectivity index (χ3v) is 3.86. The van der Waals surface area contributed by atoms with E-state index < -0.39 is 29.4 Å². The van der Waals surface area contributed by atoms with Crippen molar-refractivity contribution in [2.45, 2.75) is 25.6 Å². The van der Waals surface area contributed by atoms with Gasteiger partial charge < -0.3 is 5.11 Å². The van der Waals surface area contributed by atoms with Crippen LogP contribution >= 0.6 is 0 Å². The highest BCUT2D eigenvalue weighted by Crippen LogP contribution is 2.29. The second-order valence-electron chi connectivity index (χ2n) is 5.41. The average Bonchev–Trinajstić information content (AvgIpc) is 2.47. The highest BCUT2D eigenvalue weighted by molar-refractivity contribution is 6.33. The number of benzene rings is 1. The van der Waals surface area contributed by atoms with Gasteiger partial charge in [0.25, 0.3) is 0 Å². The number of hydrogen-bond donors (Lipinski definition) is 1. The molecular formula is C15H16F3NO3. The van der Waals surface area contributed by atoms with Gasteiger partial charge in [0.1, 0.15) is 0 Å². The van der Waals surface area contributed by atoms with E-state index in [9.17, 15) is 22.8 Å². The van der Waals surface area contributed by atoms with Crippen molar-refractivity contribution in [3.8, 4) is 0 Å². The Kier molecular flexibility index (Phi) is 4.85. The van der Waals surface area contributed by atoms with Crippen molar-refractivity contribution < 1.29 is 27.9 Å². The van der Waals surface area contributed by atoms with E-state index in [-0.39, 0.29) is 0 Å². The van der Waals surface area contributed by atoms with Gasteiger partial charge >= 0.3 is 12.1 Å². The highest BCUT2D eigenvalue weighted by Gasteiger charge is 2.31. The molecule has 0 spiro atoms. The fourth-order valence-corrected chi connectivity index (χ4v) is 2.59. The molecule has 0 atom stereocenters. The number of piperidine rings is 1. The number of hydrogen-bond acceptors (Lipinski definition) is 3. The highest BCUT2D eigenvalue weighted by atomic mass is 19.4. The minimum atomic E-state index is -4.34. The molecule has 1 aliphatic heterocycles. The molecule has 1 fully saturated rings. The van der Waals surface area contributed by atoms with Gasteiger partial charge in [0.05, 0.1) is 5.56 Å². The lowest BCUT2D eigenvalue weighted by Crippen LogP contribution is -2.37. The predicted octanol–water partition coefficient (Wildman–Crippen LogP) is 2.57. The molecule has 0 bridgehead atoms. The van der Waals surface area contributed by atoms with Crippen LogP contribution in [0.5, 0.6) is 0 Å². The minimum Gasteiger partial charge on any atom is -0.475 e. The molecule has 0 radical (unpaired) electrons. The van der Waals surface area contributed by atoms with Crippen molar-refractivity contribution in [2.24, 2.45) is 5.92 Å². The van der Waals surface area contributed by atoms with Crippen LogP contribution in [0.25, 0.3) is 0 Å². The number of Topliss-reactive ketones (excluding diaryl/α,β-unsaturated/α-hetero) is 1. The minimum absolute atomic E-state index is 0.457. The van der Waals surface area contributed by atoms with Crippen molar-refractivity contribution in [3.05, 3.63) is 35.4 Å². The Morgan fingerprint density at radius 2 is 1.68 bits per heavy atom. The first-order valence-corrected chi connectivity index (χ1v) is 6.93. The van der Waals surface area contributed by atoms with Crippen LogP contribution in [0, 0.1) is 5.92 Å². The van der Waals surface area contributed by atoms with E-state index in [0.29, 0.717) is 32.5 Å². The second kappa shape index (κ2) is 6.48. The topological polar surface area (TPSA) is 57.6 Å². The van der Waals surface area contributed by atoms with Crippen LogP contribution in [0.2, 0.25) is 0 Å². The molecule has 22 heavy (non-hydrogen) atoms. The molecule has 0 saturated carbocycles. The maximum Gasteiger partial charge on any atom is 0.416 e. The van der Waals surface area contributed by atoms with Gasteiger partial charge in [0.15, 0.2) is 0 Å². The van der Waals surface area contributed by atoms with Gasteiger partial charge in [-0.3, -0.25) is 9.69 Å². The number of likely N-dealkylation sites (tertiary alicyclic amines) is 1. The lowest BCUT2D eigenvalue weighted by molar-refractivity contribution is -0.151. The molecule has 1 aromatic rings. The van der Waals surface area contributed by atoms with Crippen LogP contribution in [-0.4, -0.2) is 34.8 Å². The predicted molar refractivity (Wildman–Crippen MR) is 72.1 cm³/mol. The van der Waals surface area contributed by atoms with Gasteiger partial charge in [-0.15, -0.1) is 0 Å². The number of nitrogens with zero attached hydrogens (tertiary/aromatic N) is 1. The van der Waals surface area contributed by atoms with Crippen LogP contribution < -0.4 is 0 Å². The number of halogens is 3. The van der Waals surface area contributed by atoms with Crippen LogP contribution in [0.15, 0.2) is 24.3 Å². The maximum absolute atomic E-state index is 12.5. The Morgan fingerprint density at radius 3 is 2.14 bits per heavy atom. The fraction of sp³-hybridized carbons (Fsp3) is 0.467. The molecular weight excluding hydrogens is 299 g/mol. The summed E-state index contributed by atoms with van der Waals surface area (Å²) in [5, 5.41) is 8.67. The maximum atomic E-state index is 12.5. The first kappa shape index (κ1) is 16.5. The molecule has 1 N–H and O–H groups in total. The summed E-state index contributed by atoms with van der Waals surface area (Å²) in [6, 6.07) is 4.99. The van der Waals surface area contributed by atoms with Crippen molar-refractivity contribution in [1.82, 2.24) is 4.90 Å². The van der Waals surface area contributed by atoms with E-state index in [1.54, 1.807) is 0 Å². The van der Waals surface area contributed by atoms with E-state index in [0.717, 1.165) is 17.7 Å². The van der Waals surface area contributed by atoms with Crippen LogP contribution in [-0.2, 0) is 22.3 Å². The summed E-state index contributed by atoms with van der Waals surface area (Å²) in [4.78, 5) is 24.0. The number of carbonyl (C=O) groups is 2. The van der Waals surface area contributed by atoms with Crippen molar-refractivity contribution in [1.29, 1.82) is 0 Å². The SMILES string of the molecule is O=C(O)C(=O)C1CCN(Cc2ccc(C(F)(F)F)cc2)CC1. The zero-order valence-corrected chi connectivity index (χ0v) is 11.8. The molecule has 0 aromatic heterocycles. The van der Waals surface area contributed by atoms with Gasteiger partial charge in [-0.25, -0.2) is 4.79 Å². The van der Waals surface area contributed by atoms with E-state index in [1.165, 1.54) is 12.1 Å². The number of rotatable bonds is 4. The Bertz CT molecular complexity index is 546. The molecule has 1 aromatic carbocycles. The van der Waals surface area contributed by atoms with E-state index in [4.69, 9.17) is 5.11 Å². The lowest BCUT2D eigenvalue weighted by atomic mass is 9.92. The number of carbonyl (C=O) groups excluding carboxylic acids is 1. The Labute approximate surface area is 125 Å². The van der Waals surface area contributed by atoms with Crippen LogP contribution in [0.4, 0.5) is 13.2 Å². The van der Waals surface area contributed by atoms with E-state index in [2.05, 4.69) is 0 Å². The summed E-state index contributed by atoms with van der Waals surface area (Å²) in [6.45, 7) is 1.61.